The van der Waals surface area contributed by atoms with Crippen molar-refractivity contribution in [2.45, 2.75) is 12.1 Å². The molecule has 4 atom stereocenters. The molecule has 3 heterocycles. The third-order valence-corrected chi connectivity index (χ3v) is 7.69. The summed E-state index contributed by atoms with van der Waals surface area (Å²) in [5.74, 6) is -2.95. The van der Waals surface area contributed by atoms with Crippen LogP contribution in [0.15, 0.2) is 83.5 Å². The van der Waals surface area contributed by atoms with Crippen molar-refractivity contribution in [2.75, 3.05) is 4.90 Å². The molecule has 3 aliphatic rings. The second kappa shape index (κ2) is 8.23. The van der Waals surface area contributed by atoms with Crippen molar-refractivity contribution in [3.05, 3.63) is 110 Å². The van der Waals surface area contributed by atoms with E-state index in [9.17, 15) is 24.5 Å². The van der Waals surface area contributed by atoms with E-state index >= 15 is 0 Å². The molecule has 9 heteroatoms. The molecule has 0 unspecified atom stereocenters. The Morgan fingerprint density at radius 1 is 0.917 bits per heavy atom. The van der Waals surface area contributed by atoms with Gasteiger partial charge in [-0.05, 0) is 41.5 Å². The lowest BCUT2D eigenvalue weighted by atomic mass is 9.83. The standard InChI is InChI=1S/C27H18BrN3O5/c28-17-8-10-18(11-9-17)30-26(33)21-22(27(30)34)24(25(32)16-5-3-6-19(14-16)31(35)36)29-13-12-15-4-1-2-7-20(15)23(21)29/h1-14,21-24H/t21-,22-,23-,24+/m1/s1. The molecule has 36 heavy (non-hydrogen) atoms. The van der Waals surface area contributed by atoms with Gasteiger partial charge >= 0.3 is 0 Å². The van der Waals surface area contributed by atoms with Crippen LogP contribution in [0.4, 0.5) is 11.4 Å². The highest BCUT2D eigenvalue weighted by molar-refractivity contribution is 9.10. The first-order valence-electron chi connectivity index (χ1n) is 11.3. The Balaban J connectivity index is 1.49. The predicted octanol–water partition coefficient (Wildman–Crippen LogP) is 4.76. The maximum atomic E-state index is 13.9. The smallest absolute Gasteiger partial charge is 0.270 e. The van der Waals surface area contributed by atoms with Crippen LogP contribution in [0.1, 0.15) is 27.5 Å². The molecule has 3 aromatic rings. The Bertz CT molecular complexity index is 1480. The molecule has 0 bridgehead atoms. The quantitative estimate of drug-likeness (QED) is 0.203. The van der Waals surface area contributed by atoms with Crippen molar-refractivity contribution in [1.82, 2.24) is 4.90 Å². The van der Waals surface area contributed by atoms with Gasteiger partial charge in [-0.1, -0.05) is 52.3 Å². The summed E-state index contributed by atoms with van der Waals surface area (Å²) in [4.78, 5) is 55.3. The average molecular weight is 544 g/mol. The van der Waals surface area contributed by atoms with Gasteiger partial charge in [0.2, 0.25) is 11.8 Å². The lowest BCUT2D eigenvalue weighted by Crippen LogP contribution is -2.44. The van der Waals surface area contributed by atoms with Crippen molar-refractivity contribution in [1.29, 1.82) is 0 Å². The highest BCUT2D eigenvalue weighted by Crippen LogP contribution is 2.53. The number of ketones is 1. The molecule has 6 rings (SSSR count). The highest BCUT2D eigenvalue weighted by Gasteiger charge is 2.64. The SMILES string of the molecule is O=C(c1cccc([N+](=O)[O-])c1)[C@@H]1[C@@H]2C(=O)N(c3ccc(Br)cc3)C(=O)[C@H]2[C@H]2c3ccccc3C=CN12. The van der Waals surface area contributed by atoms with Gasteiger partial charge in [0.15, 0.2) is 5.78 Å². The Morgan fingerprint density at radius 3 is 2.39 bits per heavy atom. The maximum absolute atomic E-state index is 13.9. The second-order valence-electron chi connectivity index (χ2n) is 8.99. The minimum atomic E-state index is -0.983. The van der Waals surface area contributed by atoms with E-state index in [1.807, 2.05) is 30.3 Å². The fourth-order valence-corrected chi connectivity index (χ4v) is 5.91. The third-order valence-electron chi connectivity index (χ3n) is 7.16. The largest absolute Gasteiger partial charge is 0.358 e. The zero-order chi connectivity index (χ0) is 25.1. The molecule has 0 aromatic heterocycles. The van der Waals surface area contributed by atoms with E-state index in [4.69, 9.17) is 0 Å². The number of halogens is 1. The zero-order valence-corrected chi connectivity index (χ0v) is 20.2. The highest BCUT2D eigenvalue weighted by atomic mass is 79.9. The van der Waals surface area contributed by atoms with Crippen molar-refractivity contribution >= 4 is 51.0 Å². The molecule has 3 aliphatic heterocycles. The second-order valence-corrected chi connectivity index (χ2v) is 9.91. The van der Waals surface area contributed by atoms with Crippen LogP contribution < -0.4 is 4.90 Å². The number of fused-ring (bicyclic) bond motifs is 5. The molecule has 0 aliphatic carbocycles. The van der Waals surface area contributed by atoms with Crippen LogP contribution in [-0.4, -0.2) is 33.5 Å². The first-order chi connectivity index (χ1) is 17.4. The summed E-state index contributed by atoms with van der Waals surface area (Å²) in [5.41, 5.74) is 2.14. The van der Waals surface area contributed by atoms with Gasteiger partial charge in [-0.15, -0.1) is 0 Å². The number of carbonyl (C=O) groups excluding carboxylic acids is 3. The number of imide groups is 1. The number of benzene rings is 3. The van der Waals surface area contributed by atoms with Gasteiger partial charge in [-0.3, -0.25) is 24.5 Å². The Labute approximate surface area is 214 Å². The third kappa shape index (κ3) is 3.23. The van der Waals surface area contributed by atoms with E-state index in [1.165, 1.54) is 29.2 Å². The van der Waals surface area contributed by atoms with Gasteiger partial charge in [0, 0.05) is 28.4 Å². The molecule has 2 fully saturated rings. The number of anilines is 1. The van der Waals surface area contributed by atoms with Gasteiger partial charge < -0.3 is 4.90 Å². The van der Waals surface area contributed by atoms with E-state index in [0.717, 1.165) is 15.6 Å². The summed E-state index contributed by atoms with van der Waals surface area (Å²) in [6.07, 6.45) is 3.62. The van der Waals surface area contributed by atoms with Crippen molar-refractivity contribution in [3.8, 4) is 0 Å². The summed E-state index contributed by atoms with van der Waals surface area (Å²) in [6.45, 7) is 0. The molecule has 178 valence electrons. The normalized spacial score (nSPS) is 23.9. The molecule has 0 N–H and O–H groups in total. The summed E-state index contributed by atoms with van der Waals surface area (Å²) in [7, 11) is 0. The number of hydrogen-bond acceptors (Lipinski definition) is 6. The summed E-state index contributed by atoms with van der Waals surface area (Å²) in [6, 6.07) is 18.5. The minimum absolute atomic E-state index is 0.128. The number of nitro benzene ring substituents is 1. The van der Waals surface area contributed by atoms with Crippen molar-refractivity contribution < 1.29 is 19.3 Å². The van der Waals surface area contributed by atoms with Crippen LogP contribution in [0.25, 0.3) is 6.08 Å². The minimum Gasteiger partial charge on any atom is -0.358 e. The van der Waals surface area contributed by atoms with Gasteiger partial charge in [0.1, 0.15) is 6.04 Å². The van der Waals surface area contributed by atoms with E-state index in [2.05, 4.69) is 15.9 Å². The number of nitrogens with zero attached hydrogens (tertiary/aromatic N) is 3. The molecular formula is C27H18BrN3O5. The van der Waals surface area contributed by atoms with Crippen LogP contribution in [0.3, 0.4) is 0 Å². The van der Waals surface area contributed by atoms with Crippen molar-refractivity contribution in [2.24, 2.45) is 11.8 Å². The predicted molar refractivity (Wildman–Crippen MR) is 135 cm³/mol. The van der Waals surface area contributed by atoms with Crippen LogP contribution >= 0.6 is 15.9 Å². The van der Waals surface area contributed by atoms with E-state index in [-0.39, 0.29) is 17.2 Å². The van der Waals surface area contributed by atoms with Crippen LogP contribution in [0.5, 0.6) is 0 Å². The van der Waals surface area contributed by atoms with Crippen molar-refractivity contribution in [3.63, 3.8) is 0 Å². The number of amides is 2. The van der Waals surface area contributed by atoms with E-state index in [0.29, 0.717) is 5.69 Å². The van der Waals surface area contributed by atoms with Crippen LogP contribution in [-0.2, 0) is 9.59 Å². The molecule has 0 spiro atoms. The van der Waals surface area contributed by atoms with Gasteiger partial charge in [-0.2, -0.15) is 0 Å². The number of nitro groups is 1. The molecule has 0 saturated carbocycles. The number of Topliss-reactive ketones (excluding diaryl/α,β-unsaturated/α-hetero) is 1. The Kier molecular flexibility index (Phi) is 5.11. The first kappa shape index (κ1) is 22.4. The fraction of sp³-hybridized carbons (Fsp3) is 0.148. The van der Waals surface area contributed by atoms with Gasteiger partial charge in [0.25, 0.3) is 5.69 Å². The molecule has 2 saturated heterocycles. The molecule has 8 nitrogen and oxygen atoms in total. The molecular weight excluding hydrogens is 526 g/mol. The molecule has 0 radical (unpaired) electrons. The van der Waals surface area contributed by atoms with Crippen LogP contribution in [0, 0.1) is 22.0 Å². The first-order valence-corrected chi connectivity index (χ1v) is 12.1. The summed E-state index contributed by atoms with van der Waals surface area (Å²) >= 11 is 3.37. The number of non-ortho nitro benzene ring substituents is 1. The fourth-order valence-electron chi connectivity index (χ4n) is 5.65. The summed E-state index contributed by atoms with van der Waals surface area (Å²) in [5, 5.41) is 11.3. The monoisotopic (exact) mass is 543 g/mol. The lowest BCUT2D eigenvalue weighted by molar-refractivity contribution is -0.384. The number of carbonyl (C=O) groups is 3. The van der Waals surface area contributed by atoms with Gasteiger partial charge in [-0.25, -0.2) is 4.90 Å². The lowest BCUT2D eigenvalue weighted by Gasteiger charge is -2.35. The van der Waals surface area contributed by atoms with Crippen LogP contribution in [0.2, 0.25) is 0 Å². The van der Waals surface area contributed by atoms with E-state index < -0.39 is 40.5 Å². The molecule has 3 aromatic carbocycles. The summed E-state index contributed by atoms with van der Waals surface area (Å²) < 4.78 is 0.807. The Hall–Kier alpha value is -4.11. The van der Waals surface area contributed by atoms with E-state index in [1.54, 1.807) is 35.4 Å². The Morgan fingerprint density at radius 2 is 1.64 bits per heavy atom. The maximum Gasteiger partial charge on any atom is 0.270 e. The topological polar surface area (TPSA) is 101 Å². The number of rotatable bonds is 4. The number of hydrogen-bond donors (Lipinski definition) is 0. The molecule has 2 amide bonds. The van der Waals surface area contributed by atoms with Gasteiger partial charge in [0.05, 0.1) is 28.5 Å². The zero-order valence-electron chi connectivity index (χ0n) is 18.7. The average Bonchev–Trinajstić information content (AvgIpc) is 3.37.